The van der Waals surface area contributed by atoms with Gasteiger partial charge in [-0.1, -0.05) is 6.07 Å². The molecule has 1 unspecified atom stereocenters. The first kappa shape index (κ1) is 10.8. The van der Waals surface area contributed by atoms with Gasteiger partial charge in [0, 0.05) is 19.0 Å². The lowest BCUT2D eigenvalue weighted by atomic mass is 10.1. The molecule has 1 aliphatic rings. The van der Waals surface area contributed by atoms with Gasteiger partial charge in [0.15, 0.2) is 0 Å². The lowest BCUT2D eigenvalue weighted by molar-refractivity contribution is 0.738. The SMILES string of the molecule is CC(N)Cc1ccc2c(c1)nc(C1CC1)n2C. The number of nitrogens with two attached hydrogens (primary N) is 1. The minimum absolute atomic E-state index is 0.207. The largest absolute Gasteiger partial charge is 0.331 e. The third kappa shape index (κ3) is 1.95. The van der Waals surface area contributed by atoms with Crippen molar-refractivity contribution < 1.29 is 0 Å². The topological polar surface area (TPSA) is 43.8 Å². The van der Waals surface area contributed by atoms with Crippen LogP contribution in [0.4, 0.5) is 0 Å². The number of aryl methyl sites for hydroxylation is 1. The first-order valence-electron chi connectivity index (χ1n) is 6.36. The number of hydrogen-bond donors (Lipinski definition) is 1. The molecule has 1 aromatic heterocycles. The maximum Gasteiger partial charge on any atom is 0.112 e. The zero-order valence-corrected chi connectivity index (χ0v) is 10.5. The highest BCUT2D eigenvalue weighted by molar-refractivity contribution is 5.77. The van der Waals surface area contributed by atoms with E-state index in [4.69, 9.17) is 10.7 Å². The van der Waals surface area contributed by atoms with Gasteiger partial charge in [0.1, 0.15) is 5.82 Å². The van der Waals surface area contributed by atoms with Gasteiger partial charge in [-0.3, -0.25) is 0 Å². The smallest absolute Gasteiger partial charge is 0.112 e. The van der Waals surface area contributed by atoms with Crippen LogP contribution in [0.25, 0.3) is 11.0 Å². The summed E-state index contributed by atoms with van der Waals surface area (Å²) in [6.07, 6.45) is 3.51. The van der Waals surface area contributed by atoms with Gasteiger partial charge >= 0.3 is 0 Å². The van der Waals surface area contributed by atoms with Crippen molar-refractivity contribution in [1.82, 2.24) is 9.55 Å². The molecule has 3 nitrogen and oxygen atoms in total. The van der Waals surface area contributed by atoms with Crippen LogP contribution in [0.15, 0.2) is 18.2 Å². The van der Waals surface area contributed by atoms with E-state index in [0.717, 1.165) is 11.9 Å². The minimum atomic E-state index is 0.207. The number of rotatable bonds is 3. The second-order valence-corrected chi connectivity index (χ2v) is 5.31. The molecule has 0 saturated heterocycles. The Morgan fingerprint density at radius 1 is 1.47 bits per heavy atom. The molecule has 0 aliphatic heterocycles. The van der Waals surface area contributed by atoms with Gasteiger partial charge in [-0.15, -0.1) is 0 Å². The quantitative estimate of drug-likeness (QED) is 0.878. The summed E-state index contributed by atoms with van der Waals surface area (Å²) in [4.78, 5) is 4.76. The molecular formula is C14H19N3. The van der Waals surface area contributed by atoms with Crippen LogP contribution in [0, 0.1) is 0 Å². The molecule has 0 bridgehead atoms. The van der Waals surface area contributed by atoms with E-state index in [-0.39, 0.29) is 6.04 Å². The summed E-state index contributed by atoms with van der Waals surface area (Å²) < 4.78 is 2.24. The monoisotopic (exact) mass is 229 g/mol. The molecule has 2 aromatic rings. The number of hydrogen-bond acceptors (Lipinski definition) is 2. The van der Waals surface area contributed by atoms with Crippen LogP contribution in [0.5, 0.6) is 0 Å². The molecule has 3 rings (SSSR count). The molecule has 3 heteroatoms. The third-order valence-electron chi connectivity index (χ3n) is 3.48. The molecular weight excluding hydrogens is 210 g/mol. The Balaban J connectivity index is 2.04. The molecule has 2 N–H and O–H groups in total. The Kier molecular flexibility index (Phi) is 2.44. The predicted molar refractivity (Wildman–Crippen MR) is 70.0 cm³/mol. The van der Waals surface area contributed by atoms with E-state index >= 15 is 0 Å². The van der Waals surface area contributed by atoms with Crippen LogP contribution in [0.3, 0.4) is 0 Å². The van der Waals surface area contributed by atoms with Crippen molar-refractivity contribution in [3.05, 3.63) is 29.6 Å². The van der Waals surface area contributed by atoms with Crippen molar-refractivity contribution >= 4 is 11.0 Å². The molecule has 1 heterocycles. The average molecular weight is 229 g/mol. The van der Waals surface area contributed by atoms with Crippen molar-refractivity contribution in [2.45, 2.75) is 38.1 Å². The zero-order valence-electron chi connectivity index (χ0n) is 10.5. The van der Waals surface area contributed by atoms with Crippen LogP contribution in [0.2, 0.25) is 0 Å². The van der Waals surface area contributed by atoms with E-state index in [9.17, 15) is 0 Å². The number of fused-ring (bicyclic) bond motifs is 1. The van der Waals surface area contributed by atoms with Gasteiger partial charge in [-0.05, 0) is 43.9 Å². The summed E-state index contributed by atoms with van der Waals surface area (Å²) in [6, 6.07) is 6.74. The molecule has 1 atom stereocenters. The zero-order chi connectivity index (χ0) is 12.0. The lowest BCUT2D eigenvalue weighted by Gasteiger charge is -2.05. The number of imidazole rings is 1. The summed E-state index contributed by atoms with van der Waals surface area (Å²) in [7, 11) is 2.12. The number of nitrogens with zero attached hydrogens (tertiary/aromatic N) is 2. The summed E-state index contributed by atoms with van der Waals surface area (Å²) in [5, 5.41) is 0. The third-order valence-corrected chi connectivity index (χ3v) is 3.48. The highest BCUT2D eigenvalue weighted by Gasteiger charge is 2.28. The van der Waals surface area contributed by atoms with E-state index in [1.807, 2.05) is 6.92 Å². The molecule has 90 valence electrons. The van der Waals surface area contributed by atoms with Gasteiger partial charge in [0.2, 0.25) is 0 Å². The molecule has 1 saturated carbocycles. The maximum absolute atomic E-state index is 5.84. The van der Waals surface area contributed by atoms with Gasteiger partial charge in [-0.2, -0.15) is 0 Å². The summed E-state index contributed by atoms with van der Waals surface area (Å²) in [5.41, 5.74) is 9.48. The molecule has 1 aromatic carbocycles. The molecule has 1 fully saturated rings. The number of aromatic nitrogens is 2. The van der Waals surface area contributed by atoms with Crippen LogP contribution < -0.4 is 5.73 Å². The Morgan fingerprint density at radius 2 is 2.24 bits per heavy atom. The minimum Gasteiger partial charge on any atom is -0.331 e. The van der Waals surface area contributed by atoms with Crippen LogP contribution in [0.1, 0.15) is 37.1 Å². The first-order valence-corrected chi connectivity index (χ1v) is 6.36. The highest BCUT2D eigenvalue weighted by atomic mass is 15.1. The summed E-state index contributed by atoms with van der Waals surface area (Å²) in [5.74, 6) is 1.95. The fourth-order valence-electron chi connectivity index (χ4n) is 2.47. The van der Waals surface area contributed by atoms with Crippen LogP contribution in [-0.4, -0.2) is 15.6 Å². The average Bonchev–Trinajstić information content (AvgIpc) is 3.04. The van der Waals surface area contributed by atoms with Crippen molar-refractivity contribution in [3.8, 4) is 0 Å². The summed E-state index contributed by atoms with van der Waals surface area (Å²) in [6.45, 7) is 2.04. The van der Waals surface area contributed by atoms with Gasteiger partial charge in [-0.25, -0.2) is 4.98 Å². The van der Waals surface area contributed by atoms with E-state index in [1.165, 1.54) is 29.7 Å². The van der Waals surface area contributed by atoms with Crippen molar-refractivity contribution in [2.24, 2.45) is 12.8 Å². The Bertz CT molecular complexity index is 550. The van der Waals surface area contributed by atoms with Gasteiger partial charge in [0.05, 0.1) is 11.0 Å². The normalized spacial score (nSPS) is 17.6. The fourth-order valence-corrected chi connectivity index (χ4v) is 2.47. The van der Waals surface area contributed by atoms with Gasteiger partial charge < -0.3 is 10.3 Å². The standard InChI is InChI=1S/C14H19N3/c1-9(15)7-10-3-6-13-12(8-10)16-14(17(13)2)11-4-5-11/h3,6,8-9,11H,4-5,7,15H2,1-2H3. The molecule has 0 amide bonds. The Hall–Kier alpha value is -1.35. The fraction of sp³-hybridized carbons (Fsp3) is 0.500. The molecule has 17 heavy (non-hydrogen) atoms. The van der Waals surface area contributed by atoms with E-state index in [1.54, 1.807) is 0 Å². The predicted octanol–water partition coefficient (Wildman–Crippen LogP) is 2.34. The first-order chi connectivity index (χ1) is 8.15. The molecule has 0 radical (unpaired) electrons. The van der Waals surface area contributed by atoms with Crippen molar-refractivity contribution in [2.75, 3.05) is 0 Å². The Labute approximate surface area is 102 Å². The summed E-state index contributed by atoms with van der Waals surface area (Å²) >= 11 is 0. The second kappa shape index (κ2) is 3.84. The lowest BCUT2D eigenvalue weighted by Crippen LogP contribution is -2.17. The molecule has 1 aliphatic carbocycles. The number of benzene rings is 1. The van der Waals surface area contributed by atoms with Crippen LogP contribution >= 0.6 is 0 Å². The highest BCUT2D eigenvalue weighted by Crippen LogP contribution is 2.40. The van der Waals surface area contributed by atoms with Gasteiger partial charge in [0.25, 0.3) is 0 Å². The maximum atomic E-state index is 5.84. The van der Waals surface area contributed by atoms with Crippen molar-refractivity contribution in [3.63, 3.8) is 0 Å². The van der Waals surface area contributed by atoms with E-state index in [0.29, 0.717) is 5.92 Å². The second-order valence-electron chi connectivity index (χ2n) is 5.31. The van der Waals surface area contributed by atoms with Crippen molar-refractivity contribution in [1.29, 1.82) is 0 Å². The van der Waals surface area contributed by atoms with Crippen LogP contribution in [-0.2, 0) is 13.5 Å². The molecule has 0 spiro atoms. The van der Waals surface area contributed by atoms with E-state index < -0.39 is 0 Å². The Morgan fingerprint density at radius 3 is 2.88 bits per heavy atom. The van der Waals surface area contributed by atoms with E-state index in [2.05, 4.69) is 29.8 Å².